The van der Waals surface area contributed by atoms with Gasteiger partial charge in [-0.15, -0.1) is 0 Å². The molecule has 5 nitrogen and oxygen atoms in total. The van der Waals surface area contributed by atoms with E-state index in [4.69, 9.17) is 11.6 Å². The first-order valence-corrected chi connectivity index (χ1v) is 10.6. The Morgan fingerprint density at radius 3 is 2.22 bits per heavy atom. The van der Waals surface area contributed by atoms with Gasteiger partial charge in [0.15, 0.2) is 0 Å². The van der Waals surface area contributed by atoms with Gasteiger partial charge >= 0.3 is 0 Å². The van der Waals surface area contributed by atoms with E-state index in [1.165, 1.54) is 11.1 Å². The first-order chi connectivity index (χ1) is 12.9. The molecule has 2 aromatic carbocycles. The van der Waals surface area contributed by atoms with Crippen LogP contribution in [0.5, 0.6) is 0 Å². The Kier molecular flexibility index (Phi) is 6.29. The zero-order valence-electron chi connectivity index (χ0n) is 15.0. The highest BCUT2D eigenvalue weighted by Gasteiger charge is 2.15. The molecular weight excluding hydrogens is 384 g/mol. The van der Waals surface area contributed by atoms with Crippen molar-refractivity contribution >= 4 is 45.6 Å². The van der Waals surface area contributed by atoms with E-state index >= 15 is 0 Å². The van der Waals surface area contributed by atoms with E-state index in [1.807, 2.05) is 25.1 Å². The summed E-state index contributed by atoms with van der Waals surface area (Å²) in [6, 6.07) is 11.0. The highest BCUT2D eigenvalue weighted by atomic mass is 35.5. The van der Waals surface area contributed by atoms with Gasteiger partial charge in [-0.05, 0) is 67.1 Å². The van der Waals surface area contributed by atoms with Crippen molar-refractivity contribution in [3.63, 3.8) is 0 Å². The zero-order chi connectivity index (χ0) is 19.4. The van der Waals surface area contributed by atoms with Crippen LogP contribution >= 0.6 is 11.6 Å². The van der Waals surface area contributed by atoms with Gasteiger partial charge in [0.25, 0.3) is 0 Å². The molecule has 3 rings (SSSR count). The molecule has 2 aromatic rings. The summed E-state index contributed by atoms with van der Waals surface area (Å²) in [6.45, 7) is 1.86. The Labute approximate surface area is 166 Å². The summed E-state index contributed by atoms with van der Waals surface area (Å²) in [6.07, 6.45) is 3.24. The standard InChI is InChI=1S/C20H21ClN2O3S/c1-13-5-7-17(10-18(13)21)23-20(25)12-27(26)11-19(24)22-16-8-6-14-3-2-4-15(14)9-16/h5-10H,2-4,11-12H2,1H3,(H,22,24)(H,23,25)/t27-/m0/s1. The van der Waals surface area contributed by atoms with Crippen LogP contribution in [-0.2, 0) is 33.2 Å². The van der Waals surface area contributed by atoms with Gasteiger partial charge in [-0.1, -0.05) is 23.7 Å². The van der Waals surface area contributed by atoms with Gasteiger partial charge < -0.3 is 10.6 Å². The molecule has 0 fully saturated rings. The Bertz CT molecular complexity index is 914. The number of nitrogens with one attached hydrogen (secondary N) is 2. The maximum Gasteiger partial charge on any atom is 0.237 e. The molecule has 7 heteroatoms. The van der Waals surface area contributed by atoms with Crippen LogP contribution in [0.3, 0.4) is 0 Å². The van der Waals surface area contributed by atoms with Crippen molar-refractivity contribution < 1.29 is 13.8 Å². The summed E-state index contributed by atoms with van der Waals surface area (Å²) in [5.74, 6) is -1.25. The van der Waals surface area contributed by atoms with Crippen molar-refractivity contribution in [2.45, 2.75) is 26.2 Å². The van der Waals surface area contributed by atoms with Crippen LogP contribution in [0.15, 0.2) is 36.4 Å². The van der Waals surface area contributed by atoms with Crippen molar-refractivity contribution in [2.24, 2.45) is 0 Å². The Balaban J connectivity index is 1.48. The number of benzene rings is 2. The summed E-state index contributed by atoms with van der Waals surface area (Å²) in [7, 11) is -1.59. The molecule has 27 heavy (non-hydrogen) atoms. The van der Waals surface area contributed by atoms with Crippen LogP contribution in [0.4, 0.5) is 11.4 Å². The molecular formula is C20H21ClN2O3S. The van der Waals surface area contributed by atoms with Crippen LogP contribution in [0, 0.1) is 6.92 Å². The summed E-state index contributed by atoms with van der Waals surface area (Å²) in [5.41, 5.74) is 4.72. The number of carbonyl (C=O) groups excluding carboxylic acids is 2. The lowest BCUT2D eigenvalue weighted by Crippen LogP contribution is -2.26. The third kappa shape index (κ3) is 5.40. The molecule has 142 valence electrons. The van der Waals surface area contributed by atoms with Crippen molar-refractivity contribution in [3.8, 4) is 0 Å². The number of aryl methyl sites for hydroxylation is 3. The van der Waals surface area contributed by atoms with Gasteiger partial charge in [0, 0.05) is 27.2 Å². The summed E-state index contributed by atoms with van der Waals surface area (Å²) < 4.78 is 12.1. The van der Waals surface area contributed by atoms with Gasteiger partial charge in [-0.2, -0.15) is 0 Å². The Morgan fingerprint density at radius 1 is 0.963 bits per heavy atom. The predicted octanol–water partition coefficient (Wildman–Crippen LogP) is 3.46. The smallest absolute Gasteiger partial charge is 0.237 e. The topological polar surface area (TPSA) is 75.3 Å². The minimum Gasteiger partial charge on any atom is -0.325 e. The van der Waals surface area contributed by atoms with E-state index in [-0.39, 0.29) is 17.4 Å². The minimum absolute atomic E-state index is 0.223. The van der Waals surface area contributed by atoms with Crippen molar-refractivity contribution in [1.82, 2.24) is 0 Å². The third-order valence-electron chi connectivity index (χ3n) is 4.42. The first kappa shape index (κ1) is 19.6. The lowest BCUT2D eigenvalue weighted by molar-refractivity contribution is -0.114. The average molecular weight is 405 g/mol. The SMILES string of the molecule is Cc1ccc(NC(=O)C[S@@](=O)CC(=O)Nc2ccc3c(c2)CCC3)cc1Cl. The molecule has 0 saturated heterocycles. The molecule has 2 amide bonds. The van der Waals surface area contributed by atoms with E-state index < -0.39 is 16.7 Å². The van der Waals surface area contributed by atoms with Gasteiger partial charge in [0.05, 0.1) is 0 Å². The van der Waals surface area contributed by atoms with Gasteiger partial charge in [0.2, 0.25) is 11.8 Å². The summed E-state index contributed by atoms with van der Waals surface area (Å²) >= 11 is 6.02. The second-order valence-electron chi connectivity index (χ2n) is 6.63. The fraction of sp³-hybridized carbons (Fsp3) is 0.300. The number of hydrogen-bond acceptors (Lipinski definition) is 3. The molecule has 0 heterocycles. The van der Waals surface area contributed by atoms with Crippen LogP contribution in [0.1, 0.15) is 23.1 Å². The fourth-order valence-corrected chi connectivity index (χ4v) is 4.07. The molecule has 0 spiro atoms. The molecule has 1 aliphatic rings. The number of amides is 2. The van der Waals surface area contributed by atoms with Gasteiger partial charge in [-0.3, -0.25) is 13.8 Å². The number of carbonyl (C=O) groups is 2. The number of rotatable bonds is 6. The number of hydrogen-bond donors (Lipinski definition) is 2. The number of anilines is 2. The highest BCUT2D eigenvalue weighted by Crippen LogP contribution is 2.25. The quantitative estimate of drug-likeness (QED) is 0.774. The molecule has 0 aliphatic heterocycles. The fourth-order valence-electron chi connectivity index (χ4n) is 3.06. The van der Waals surface area contributed by atoms with Gasteiger partial charge in [0.1, 0.15) is 11.5 Å². The maximum absolute atomic E-state index is 12.1. The van der Waals surface area contributed by atoms with Crippen molar-refractivity contribution in [2.75, 3.05) is 22.1 Å². The monoisotopic (exact) mass is 404 g/mol. The van der Waals surface area contributed by atoms with Crippen molar-refractivity contribution in [1.29, 1.82) is 0 Å². The van der Waals surface area contributed by atoms with E-state index in [2.05, 4.69) is 10.6 Å². The van der Waals surface area contributed by atoms with Crippen LogP contribution in [-0.4, -0.2) is 27.5 Å². The zero-order valence-corrected chi connectivity index (χ0v) is 16.6. The maximum atomic E-state index is 12.1. The molecule has 1 aliphatic carbocycles. The van der Waals surface area contributed by atoms with E-state index in [0.717, 1.165) is 24.8 Å². The minimum atomic E-state index is -1.59. The molecule has 0 aromatic heterocycles. The summed E-state index contributed by atoms with van der Waals surface area (Å²) in [4.78, 5) is 24.1. The van der Waals surface area contributed by atoms with Crippen LogP contribution in [0.2, 0.25) is 5.02 Å². The lowest BCUT2D eigenvalue weighted by Gasteiger charge is -2.08. The highest BCUT2D eigenvalue weighted by molar-refractivity contribution is 7.86. The second-order valence-corrected chi connectivity index (χ2v) is 8.49. The lowest BCUT2D eigenvalue weighted by atomic mass is 10.1. The predicted molar refractivity (Wildman–Crippen MR) is 110 cm³/mol. The largest absolute Gasteiger partial charge is 0.325 e. The average Bonchev–Trinajstić information content (AvgIpc) is 3.05. The third-order valence-corrected chi connectivity index (χ3v) is 6.00. The van der Waals surface area contributed by atoms with Gasteiger partial charge in [-0.25, -0.2) is 0 Å². The first-order valence-electron chi connectivity index (χ1n) is 8.73. The Hall–Kier alpha value is -2.18. The van der Waals surface area contributed by atoms with Crippen LogP contribution < -0.4 is 10.6 Å². The molecule has 2 N–H and O–H groups in total. The normalized spacial score (nSPS) is 13.7. The number of fused-ring (bicyclic) bond motifs is 1. The molecule has 1 atom stereocenters. The molecule has 0 saturated carbocycles. The molecule has 0 radical (unpaired) electrons. The van der Waals surface area contributed by atoms with E-state index in [1.54, 1.807) is 18.2 Å². The van der Waals surface area contributed by atoms with E-state index in [0.29, 0.717) is 16.4 Å². The van der Waals surface area contributed by atoms with Crippen LogP contribution in [0.25, 0.3) is 0 Å². The molecule has 0 unspecified atom stereocenters. The van der Waals surface area contributed by atoms with E-state index in [9.17, 15) is 13.8 Å². The summed E-state index contributed by atoms with van der Waals surface area (Å²) in [5, 5.41) is 5.95. The van der Waals surface area contributed by atoms with Crippen molar-refractivity contribution in [3.05, 3.63) is 58.1 Å². The number of halogens is 1. The Morgan fingerprint density at radius 2 is 1.56 bits per heavy atom. The second kappa shape index (κ2) is 8.67. The molecule has 0 bridgehead atoms.